The first-order chi connectivity index (χ1) is 6.72. The molecular weight excluding hydrogens is 180 g/mol. The molecule has 0 saturated carbocycles. The van der Waals surface area contributed by atoms with Crippen LogP contribution in [0.3, 0.4) is 0 Å². The molecule has 5 heteroatoms. The first-order valence-electron chi connectivity index (χ1n) is 4.31. The van der Waals surface area contributed by atoms with Crippen molar-refractivity contribution >= 4 is 11.3 Å². The third-order valence-electron chi connectivity index (χ3n) is 2.05. The van der Waals surface area contributed by atoms with Gasteiger partial charge in [-0.15, -0.1) is 10.2 Å². The number of hydrogen-bond acceptors (Lipinski definition) is 4. The number of anilines is 1. The maximum Gasteiger partial charge on any atom is 0.163 e. The van der Waals surface area contributed by atoms with Crippen LogP contribution in [-0.4, -0.2) is 21.7 Å². The van der Waals surface area contributed by atoms with Gasteiger partial charge in [0.1, 0.15) is 6.61 Å². The summed E-state index contributed by atoms with van der Waals surface area (Å²) in [5.74, 6) is 0.762. The number of aryl methyl sites for hydroxylation is 1. The van der Waals surface area contributed by atoms with Crippen LogP contribution in [0.15, 0.2) is 12.3 Å². The van der Waals surface area contributed by atoms with Crippen molar-refractivity contribution in [3.63, 3.8) is 0 Å². The van der Waals surface area contributed by atoms with Crippen molar-refractivity contribution in [2.45, 2.75) is 13.5 Å². The molecule has 2 rings (SSSR count). The molecule has 2 aromatic rings. The topological polar surface area (TPSA) is 65.4 Å². The number of methoxy groups -OCH3 is 1. The van der Waals surface area contributed by atoms with Crippen LogP contribution in [0.4, 0.5) is 5.69 Å². The molecule has 0 unspecified atom stereocenters. The summed E-state index contributed by atoms with van der Waals surface area (Å²) in [6, 6.07) is 1.88. The second-order valence-corrected chi connectivity index (χ2v) is 3.20. The van der Waals surface area contributed by atoms with Crippen molar-refractivity contribution in [3.8, 4) is 0 Å². The van der Waals surface area contributed by atoms with Crippen LogP contribution in [0.1, 0.15) is 11.4 Å². The summed E-state index contributed by atoms with van der Waals surface area (Å²) < 4.78 is 6.87. The molecule has 0 bridgehead atoms. The molecule has 0 spiro atoms. The molecule has 0 saturated heterocycles. The average molecular weight is 192 g/mol. The lowest BCUT2D eigenvalue weighted by Gasteiger charge is -2.01. The quantitative estimate of drug-likeness (QED) is 0.763. The summed E-state index contributed by atoms with van der Waals surface area (Å²) in [4.78, 5) is 0. The molecule has 2 aromatic heterocycles. The van der Waals surface area contributed by atoms with Gasteiger partial charge >= 0.3 is 0 Å². The van der Waals surface area contributed by atoms with Gasteiger partial charge in [0, 0.05) is 19.0 Å². The van der Waals surface area contributed by atoms with Gasteiger partial charge < -0.3 is 10.5 Å². The molecule has 0 radical (unpaired) electrons. The third kappa shape index (κ3) is 1.31. The van der Waals surface area contributed by atoms with E-state index in [0.29, 0.717) is 12.3 Å². The molecule has 0 atom stereocenters. The summed E-state index contributed by atoms with van der Waals surface area (Å²) in [6.07, 6.45) is 1.80. The number of aromatic nitrogens is 3. The van der Waals surface area contributed by atoms with Crippen LogP contribution in [-0.2, 0) is 11.3 Å². The van der Waals surface area contributed by atoms with Gasteiger partial charge in [0.25, 0.3) is 0 Å². The minimum absolute atomic E-state index is 0.435. The van der Waals surface area contributed by atoms with Gasteiger partial charge in [-0.25, -0.2) is 0 Å². The van der Waals surface area contributed by atoms with E-state index in [-0.39, 0.29) is 0 Å². The summed E-state index contributed by atoms with van der Waals surface area (Å²) in [5.41, 5.74) is 8.27. The van der Waals surface area contributed by atoms with E-state index in [4.69, 9.17) is 10.5 Å². The Morgan fingerprint density at radius 2 is 2.29 bits per heavy atom. The summed E-state index contributed by atoms with van der Waals surface area (Å²) in [7, 11) is 1.63. The van der Waals surface area contributed by atoms with Crippen LogP contribution in [0, 0.1) is 6.92 Å². The fourth-order valence-corrected chi connectivity index (χ4v) is 1.46. The second kappa shape index (κ2) is 3.26. The van der Waals surface area contributed by atoms with E-state index in [2.05, 4.69) is 10.2 Å². The number of ether oxygens (including phenoxy) is 1. The minimum Gasteiger partial charge on any atom is -0.398 e. The van der Waals surface area contributed by atoms with Gasteiger partial charge in [0.05, 0.1) is 0 Å². The van der Waals surface area contributed by atoms with E-state index in [1.807, 2.05) is 17.4 Å². The molecule has 0 aliphatic carbocycles. The van der Waals surface area contributed by atoms with Gasteiger partial charge in [0.2, 0.25) is 0 Å². The van der Waals surface area contributed by atoms with Crippen LogP contribution in [0.5, 0.6) is 0 Å². The van der Waals surface area contributed by atoms with Crippen molar-refractivity contribution in [2.24, 2.45) is 0 Å². The highest BCUT2D eigenvalue weighted by Crippen LogP contribution is 2.13. The fraction of sp³-hybridized carbons (Fsp3) is 0.333. The maximum atomic E-state index is 5.73. The highest BCUT2D eigenvalue weighted by atomic mass is 16.5. The molecular formula is C9H12N4O. The van der Waals surface area contributed by atoms with Crippen LogP contribution in [0.2, 0.25) is 0 Å². The lowest BCUT2D eigenvalue weighted by atomic mass is 10.3. The van der Waals surface area contributed by atoms with E-state index in [1.54, 1.807) is 13.3 Å². The zero-order valence-corrected chi connectivity index (χ0v) is 8.19. The monoisotopic (exact) mass is 192 g/mol. The largest absolute Gasteiger partial charge is 0.398 e. The van der Waals surface area contributed by atoms with Gasteiger partial charge in [0.15, 0.2) is 11.5 Å². The molecule has 0 fully saturated rings. The minimum atomic E-state index is 0.435. The Morgan fingerprint density at radius 3 is 3.00 bits per heavy atom. The summed E-state index contributed by atoms with van der Waals surface area (Å²) in [6.45, 7) is 2.39. The zero-order chi connectivity index (χ0) is 10.1. The van der Waals surface area contributed by atoms with Crippen LogP contribution in [0.25, 0.3) is 5.65 Å². The highest BCUT2D eigenvalue weighted by molar-refractivity contribution is 5.54. The van der Waals surface area contributed by atoms with E-state index >= 15 is 0 Å². The van der Waals surface area contributed by atoms with Gasteiger partial charge in [-0.05, 0) is 18.6 Å². The predicted octanol–water partition coefficient (Wildman–Crippen LogP) is 0.766. The Labute approximate surface area is 81.5 Å². The Balaban J connectivity index is 2.66. The van der Waals surface area contributed by atoms with Crippen LogP contribution >= 0.6 is 0 Å². The number of rotatable bonds is 2. The molecule has 2 N–H and O–H groups in total. The Hall–Kier alpha value is -1.62. The SMILES string of the molecule is COCc1nnc2c(C)cc(N)cn12. The van der Waals surface area contributed by atoms with E-state index in [9.17, 15) is 0 Å². The van der Waals surface area contributed by atoms with Crippen molar-refractivity contribution in [2.75, 3.05) is 12.8 Å². The lowest BCUT2D eigenvalue weighted by Crippen LogP contribution is -1.99. The smallest absolute Gasteiger partial charge is 0.163 e. The number of hydrogen-bond donors (Lipinski definition) is 1. The van der Waals surface area contributed by atoms with Crippen molar-refractivity contribution in [3.05, 3.63) is 23.7 Å². The standard InChI is InChI=1S/C9H12N4O/c1-6-3-7(10)4-13-8(5-14-2)11-12-9(6)13/h3-4H,5,10H2,1-2H3. The molecule has 0 aromatic carbocycles. The Morgan fingerprint density at radius 1 is 1.50 bits per heavy atom. The predicted molar refractivity (Wildman–Crippen MR) is 52.8 cm³/mol. The fourth-order valence-electron chi connectivity index (χ4n) is 1.46. The Bertz CT molecular complexity index is 463. The molecule has 0 aliphatic rings. The summed E-state index contributed by atoms with van der Waals surface area (Å²) in [5, 5.41) is 8.07. The number of nitrogens with two attached hydrogens (primary N) is 1. The van der Waals surface area contributed by atoms with E-state index in [0.717, 1.165) is 17.0 Å². The average Bonchev–Trinajstić information content (AvgIpc) is 2.49. The van der Waals surface area contributed by atoms with Gasteiger partial charge in [-0.1, -0.05) is 0 Å². The molecule has 5 nitrogen and oxygen atoms in total. The van der Waals surface area contributed by atoms with Crippen LogP contribution < -0.4 is 5.73 Å². The number of nitrogen functional groups attached to an aromatic ring is 1. The van der Waals surface area contributed by atoms with E-state index in [1.165, 1.54) is 0 Å². The normalized spacial score (nSPS) is 11.0. The maximum absolute atomic E-state index is 5.73. The highest BCUT2D eigenvalue weighted by Gasteiger charge is 2.07. The zero-order valence-electron chi connectivity index (χ0n) is 8.19. The number of fused-ring (bicyclic) bond motifs is 1. The molecule has 74 valence electrons. The summed E-state index contributed by atoms with van der Waals surface area (Å²) >= 11 is 0. The van der Waals surface area contributed by atoms with Crippen molar-refractivity contribution in [1.29, 1.82) is 0 Å². The van der Waals surface area contributed by atoms with Gasteiger partial charge in [-0.2, -0.15) is 0 Å². The Kier molecular flexibility index (Phi) is 2.09. The molecule has 0 amide bonds. The first kappa shape index (κ1) is 8.96. The number of pyridine rings is 1. The molecule has 2 heterocycles. The molecule has 0 aliphatic heterocycles. The van der Waals surface area contributed by atoms with Crippen molar-refractivity contribution < 1.29 is 4.74 Å². The number of nitrogens with zero attached hydrogens (tertiary/aromatic N) is 3. The van der Waals surface area contributed by atoms with Gasteiger partial charge in [-0.3, -0.25) is 4.40 Å². The first-order valence-corrected chi connectivity index (χ1v) is 4.31. The molecule has 14 heavy (non-hydrogen) atoms. The second-order valence-electron chi connectivity index (χ2n) is 3.20. The third-order valence-corrected chi connectivity index (χ3v) is 2.05. The van der Waals surface area contributed by atoms with E-state index < -0.39 is 0 Å². The van der Waals surface area contributed by atoms with Crippen molar-refractivity contribution in [1.82, 2.24) is 14.6 Å². The lowest BCUT2D eigenvalue weighted by molar-refractivity contribution is 0.177.